The van der Waals surface area contributed by atoms with Crippen molar-refractivity contribution in [2.24, 2.45) is 5.92 Å². The summed E-state index contributed by atoms with van der Waals surface area (Å²) in [4.78, 5) is 4.13. The van der Waals surface area contributed by atoms with Crippen LogP contribution in [0.15, 0.2) is 22.9 Å². The lowest BCUT2D eigenvalue weighted by Gasteiger charge is -2.33. The Morgan fingerprint density at radius 2 is 2.29 bits per heavy atom. The van der Waals surface area contributed by atoms with Gasteiger partial charge in [0, 0.05) is 29.5 Å². The van der Waals surface area contributed by atoms with E-state index >= 15 is 0 Å². The molecule has 0 radical (unpaired) electrons. The zero-order chi connectivity index (χ0) is 9.97. The van der Waals surface area contributed by atoms with Crippen LogP contribution in [-0.2, 0) is 6.54 Å². The number of pyridine rings is 1. The molecule has 0 aromatic carbocycles. The van der Waals surface area contributed by atoms with Crippen LogP contribution in [0.1, 0.15) is 25.3 Å². The van der Waals surface area contributed by atoms with Crippen molar-refractivity contribution in [3.63, 3.8) is 0 Å². The zero-order valence-electron chi connectivity index (χ0n) is 8.33. The van der Waals surface area contributed by atoms with Gasteiger partial charge in [-0.15, -0.1) is 0 Å². The maximum Gasteiger partial charge on any atom is 0.0410 e. The fourth-order valence-electron chi connectivity index (χ4n) is 1.88. The summed E-state index contributed by atoms with van der Waals surface area (Å²) in [5.41, 5.74) is 1.25. The van der Waals surface area contributed by atoms with E-state index in [1.807, 2.05) is 12.4 Å². The molecule has 14 heavy (non-hydrogen) atoms. The molecule has 1 N–H and O–H groups in total. The Balaban J connectivity index is 1.80. The summed E-state index contributed by atoms with van der Waals surface area (Å²) in [7, 11) is 0. The lowest BCUT2D eigenvalue weighted by Crippen LogP contribution is -2.39. The molecule has 0 spiro atoms. The summed E-state index contributed by atoms with van der Waals surface area (Å²) < 4.78 is 1.05. The van der Waals surface area contributed by atoms with E-state index in [2.05, 4.69) is 39.2 Å². The number of nitrogens with zero attached hydrogens (tertiary/aromatic N) is 1. The summed E-state index contributed by atoms with van der Waals surface area (Å²) in [6, 6.07) is 2.84. The Hall–Kier alpha value is -0.410. The molecule has 2 rings (SSSR count). The van der Waals surface area contributed by atoms with E-state index in [-0.39, 0.29) is 0 Å². The Morgan fingerprint density at radius 1 is 1.50 bits per heavy atom. The molecule has 0 unspecified atom stereocenters. The van der Waals surface area contributed by atoms with E-state index in [0.29, 0.717) is 0 Å². The maximum atomic E-state index is 4.13. The lowest BCUT2D eigenvalue weighted by molar-refractivity contribution is 0.240. The van der Waals surface area contributed by atoms with Crippen molar-refractivity contribution in [2.75, 3.05) is 0 Å². The SMILES string of the molecule is CC1CC(NCc2cncc(Br)c2)C1. The zero-order valence-corrected chi connectivity index (χ0v) is 9.92. The highest BCUT2D eigenvalue weighted by Crippen LogP contribution is 2.26. The van der Waals surface area contributed by atoms with E-state index in [9.17, 15) is 0 Å². The quantitative estimate of drug-likeness (QED) is 0.898. The minimum absolute atomic E-state index is 0.726. The highest BCUT2D eigenvalue weighted by molar-refractivity contribution is 9.10. The highest BCUT2D eigenvalue weighted by Gasteiger charge is 2.24. The van der Waals surface area contributed by atoms with Crippen LogP contribution in [-0.4, -0.2) is 11.0 Å². The molecule has 0 bridgehead atoms. The largest absolute Gasteiger partial charge is 0.310 e. The van der Waals surface area contributed by atoms with Crippen LogP contribution in [0.5, 0.6) is 0 Å². The summed E-state index contributed by atoms with van der Waals surface area (Å²) >= 11 is 3.42. The van der Waals surface area contributed by atoms with Gasteiger partial charge in [-0.2, -0.15) is 0 Å². The summed E-state index contributed by atoms with van der Waals surface area (Å²) in [5.74, 6) is 0.910. The molecule has 1 heterocycles. The van der Waals surface area contributed by atoms with Crippen molar-refractivity contribution in [1.29, 1.82) is 0 Å². The molecule has 1 fully saturated rings. The molecule has 1 saturated carbocycles. The molecule has 1 aliphatic carbocycles. The van der Waals surface area contributed by atoms with E-state index in [4.69, 9.17) is 0 Å². The highest BCUT2D eigenvalue weighted by atomic mass is 79.9. The van der Waals surface area contributed by atoms with Gasteiger partial charge >= 0.3 is 0 Å². The Bertz CT molecular complexity index is 308. The summed E-state index contributed by atoms with van der Waals surface area (Å²) in [5, 5.41) is 3.53. The van der Waals surface area contributed by atoms with E-state index in [1.54, 1.807) is 0 Å². The number of hydrogen-bond donors (Lipinski definition) is 1. The molecule has 1 aliphatic rings. The van der Waals surface area contributed by atoms with E-state index in [0.717, 1.165) is 23.0 Å². The molecule has 0 atom stereocenters. The second-order valence-electron chi connectivity index (χ2n) is 4.17. The minimum Gasteiger partial charge on any atom is -0.310 e. The molecular formula is C11H15BrN2. The van der Waals surface area contributed by atoms with Crippen molar-refractivity contribution in [2.45, 2.75) is 32.4 Å². The van der Waals surface area contributed by atoms with Crippen LogP contribution in [0.25, 0.3) is 0 Å². The van der Waals surface area contributed by atoms with Crippen LogP contribution < -0.4 is 5.32 Å². The number of rotatable bonds is 3. The first kappa shape index (κ1) is 10.1. The number of nitrogens with one attached hydrogen (secondary N) is 1. The fraction of sp³-hybridized carbons (Fsp3) is 0.545. The van der Waals surface area contributed by atoms with Gasteiger partial charge in [0.15, 0.2) is 0 Å². The standard InChI is InChI=1S/C11H15BrN2/c1-8-2-11(3-8)14-6-9-4-10(12)7-13-5-9/h4-5,7-8,11,14H,2-3,6H2,1H3. The molecule has 0 saturated heterocycles. The third-order valence-corrected chi connectivity index (χ3v) is 3.16. The van der Waals surface area contributed by atoms with Crippen LogP contribution in [0.3, 0.4) is 0 Å². The minimum atomic E-state index is 0.726. The molecule has 2 nitrogen and oxygen atoms in total. The predicted molar refractivity (Wildman–Crippen MR) is 61.0 cm³/mol. The molecule has 1 aromatic heterocycles. The fourth-order valence-corrected chi connectivity index (χ4v) is 2.30. The van der Waals surface area contributed by atoms with Gasteiger partial charge < -0.3 is 5.32 Å². The van der Waals surface area contributed by atoms with Gasteiger partial charge in [-0.25, -0.2) is 0 Å². The predicted octanol–water partition coefficient (Wildman–Crippen LogP) is 2.73. The molecule has 0 aliphatic heterocycles. The van der Waals surface area contributed by atoms with Crippen LogP contribution in [0.4, 0.5) is 0 Å². The molecule has 1 aromatic rings. The third-order valence-electron chi connectivity index (χ3n) is 2.73. The van der Waals surface area contributed by atoms with Crippen molar-refractivity contribution in [1.82, 2.24) is 10.3 Å². The van der Waals surface area contributed by atoms with Gasteiger partial charge in [0.1, 0.15) is 0 Å². The van der Waals surface area contributed by atoms with Gasteiger partial charge in [-0.1, -0.05) is 6.92 Å². The normalized spacial score (nSPS) is 25.9. The number of halogens is 1. The number of hydrogen-bond acceptors (Lipinski definition) is 2. The summed E-state index contributed by atoms with van der Waals surface area (Å²) in [6.07, 6.45) is 6.37. The Kier molecular flexibility index (Phi) is 3.19. The first-order valence-corrected chi connectivity index (χ1v) is 5.86. The van der Waals surface area contributed by atoms with Crippen LogP contribution >= 0.6 is 15.9 Å². The van der Waals surface area contributed by atoms with Crippen LogP contribution in [0, 0.1) is 5.92 Å². The summed E-state index contributed by atoms with van der Waals surface area (Å²) in [6.45, 7) is 3.24. The molecule has 3 heteroatoms. The van der Waals surface area contributed by atoms with E-state index in [1.165, 1.54) is 18.4 Å². The molecule has 76 valence electrons. The average Bonchev–Trinajstić information content (AvgIpc) is 2.11. The monoisotopic (exact) mass is 254 g/mol. The second kappa shape index (κ2) is 4.41. The van der Waals surface area contributed by atoms with Gasteiger partial charge in [0.25, 0.3) is 0 Å². The molecule has 0 amide bonds. The first-order chi connectivity index (χ1) is 6.74. The van der Waals surface area contributed by atoms with E-state index < -0.39 is 0 Å². The van der Waals surface area contributed by atoms with Crippen molar-refractivity contribution in [3.8, 4) is 0 Å². The first-order valence-electron chi connectivity index (χ1n) is 5.07. The third kappa shape index (κ3) is 2.55. The average molecular weight is 255 g/mol. The number of aromatic nitrogens is 1. The molecular weight excluding hydrogens is 240 g/mol. The van der Waals surface area contributed by atoms with Gasteiger partial charge in [-0.05, 0) is 46.3 Å². The topological polar surface area (TPSA) is 24.9 Å². The smallest absolute Gasteiger partial charge is 0.0410 e. The Morgan fingerprint density at radius 3 is 2.93 bits per heavy atom. The van der Waals surface area contributed by atoms with Crippen LogP contribution in [0.2, 0.25) is 0 Å². The van der Waals surface area contributed by atoms with Gasteiger partial charge in [0.05, 0.1) is 0 Å². The van der Waals surface area contributed by atoms with Crippen molar-refractivity contribution >= 4 is 15.9 Å². The second-order valence-corrected chi connectivity index (χ2v) is 5.08. The van der Waals surface area contributed by atoms with Crippen molar-refractivity contribution < 1.29 is 0 Å². The van der Waals surface area contributed by atoms with Gasteiger partial charge in [-0.3, -0.25) is 4.98 Å². The maximum absolute atomic E-state index is 4.13. The lowest BCUT2D eigenvalue weighted by atomic mass is 9.82. The van der Waals surface area contributed by atoms with Gasteiger partial charge in [0.2, 0.25) is 0 Å². The van der Waals surface area contributed by atoms with Crippen molar-refractivity contribution in [3.05, 3.63) is 28.5 Å². The Labute approximate surface area is 93.3 Å².